The number of likely N-dealkylation sites (tertiary alicyclic amines) is 1. The molecule has 158 valence electrons. The molecule has 1 aromatic heterocycles. The topological polar surface area (TPSA) is 60.1 Å². The Morgan fingerprint density at radius 2 is 1.84 bits per heavy atom. The lowest BCUT2D eigenvalue weighted by Crippen LogP contribution is -2.35. The van der Waals surface area contributed by atoms with E-state index in [-0.39, 0.29) is 11.3 Å². The number of aliphatic hydroxyl groups excluding tert-OH is 1. The second-order valence-corrected chi connectivity index (χ2v) is 9.66. The van der Waals surface area contributed by atoms with E-state index >= 15 is 0 Å². The lowest BCUT2D eigenvalue weighted by atomic mass is 9.90. The van der Waals surface area contributed by atoms with E-state index in [0.29, 0.717) is 17.5 Å². The predicted molar refractivity (Wildman–Crippen MR) is 130 cm³/mol. The molecule has 0 amide bonds. The molecule has 2 aromatic carbocycles. The minimum atomic E-state index is 0.112. The summed E-state index contributed by atoms with van der Waals surface area (Å²) in [7, 11) is 0. The summed E-state index contributed by atoms with van der Waals surface area (Å²) in [4.78, 5) is 6.83. The van der Waals surface area contributed by atoms with Gasteiger partial charge in [0.05, 0.1) is 12.2 Å². The first kappa shape index (κ1) is 21.8. The third-order valence-corrected chi connectivity index (χ3v) is 7.09. The molecule has 2 heterocycles. The number of nitrogens with zero attached hydrogens (tertiary/aromatic N) is 3. The minimum absolute atomic E-state index is 0.112. The first-order valence-electron chi connectivity index (χ1n) is 10.4. The van der Waals surface area contributed by atoms with Crippen LogP contribution in [-0.2, 0) is 6.42 Å². The van der Waals surface area contributed by atoms with Crippen LogP contribution < -0.4 is 0 Å². The molecule has 1 aliphatic heterocycles. The van der Waals surface area contributed by atoms with Crippen molar-refractivity contribution in [1.82, 2.24) is 9.88 Å². The molecule has 1 saturated heterocycles. The van der Waals surface area contributed by atoms with E-state index in [1.807, 2.05) is 29.6 Å². The fourth-order valence-corrected chi connectivity index (χ4v) is 5.07. The van der Waals surface area contributed by atoms with Gasteiger partial charge in [-0.25, -0.2) is 4.98 Å². The van der Waals surface area contributed by atoms with Gasteiger partial charge in [-0.3, -0.25) is 4.90 Å². The molecule has 4 rings (SSSR count). The van der Waals surface area contributed by atoms with E-state index < -0.39 is 0 Å². The highest BCUT2D eigenvalue weighted by atomic mass is 79.9. The number of hydrogen-bond donors (Lipinski definition) is 1. The number of aliphatic hydroxyl groups is 1. The standard InChI is InChI=1S/C25H24BrN3OS/c26-21-8-6-20(7-9-21)23-17-31-25(28-23)22(15-27)24(30)16-29-12-10-19(11-13-29)14-18-4-2-1-3-5-18/h1-9,17,19,30H,10-14,16H2/b24-22-. The molecule has 1 fully saturated rings. The molecule has 6 heteroatoms. The summed E-state index contributed by atoms with van der Waals surface area (Å²) in [5.74, 6) is 0.786. The lowest BCUT2D eigenvalue weighted by molar-refractivity contribution is 0.177. The van der Waals surface area contributed by atoms with Crippen LogP contribution in [0.4, 0.5) is 0 Å². The van der Waals surface area contributed by atoms with Crippen molar-refractivity contribution in [1.29, 1.82) is 5.26 Å². The highest BCUT2D eigenvalue weighted by Crippen LogP contribution is 2.29. The molecule has 1 N–H and O–H groups in total. The van der Waals surface area contributed by atoms with E-state index in [4.69, 9.17) is 0 Å². The molecule has 0 bridgehead atoms. The van der Waals surface area contributed by atoms with Gasteiger partial charge >= 0.3 is 0 Å². The van der Waals surface area contributed by atoms with Crippen molar-refractivity contribution in [3.63, 3.8) is 0 Å². The van der Waals surface area contributed by atoms with Crippen molar-refractivity contribution in [3.05, 3.63) is 80.8 Å². The average molecular weight is 494 g/mol. The first-order chi connectivity index (χ1) is 15.1. The van der Waals surface area contributed by atoms with Crippen molar-refractivity contribution in [2.24, 2.45) is 5.92 Å². The Morgan fingerprint density at radius 1 is 1.13 bits per heavy atom. The Balaban J connectivity index is 1.38. The zero-order valence-corrected chi connectivity index (χ0v) is 19.6. The summed E-state index contributed by atoms with van der Waals surface area (Å²) in [5.41, 5.74) is 3.47. The summed E-state index contributed by atoms with van der Waals surface area (Å²) in [5, 5.41) is 22.9. The third-order valence-electron chi connectivity index (χ3n) is 5.71. The number of aromatic nitrogens is 1. The number of benzene rings is 2. The Bertz CT molecular complexity index is 1080. The van der Waals surface area contributed by atoms with Gasteiger partial charge in [-0.15, -0.1) is 11.3 Å². The number of thiazole rings is 1. The van der Waals surface area contributed by atoms with Gasteiger partial charge < -0.3 is 5.11 Å². The molecule has 0 atom stereocenters. The van der Waals surface area contributed by atoms with Gasteiger partial charge in [-0.2, -0.15) is 5.26 Å². The van der Waals surface area contributed by atoms with Crippen LogP contribution in [0.3, 0.4) is 0 Å². The Hall–Kier alpha value is -2.46. The molecule has 0 aliphatic carbocycles. The predicted octanol–water partition coefficient (Wildman–Crippen LogP) is 6.32. The van der Waals surface area contributed by atoms with Gasteiger partial charge in [0.15, 0.2) is 0 Å². The highest BCUT2D eigenvalue weighted by Gasteiger charge is 2.22. The number of rotatable bonds is 6. The molecule has 3 aromatic rings. The van der Waals surface area contributed by atoms with Gasteiger partial charge in [0.1, 0.15) is 22.4 Å². The number of halogens is 1. The first-order valence-corrected chi connectivity index (χ1v) is 12.1. The maximum absolute atomic E-state index is 10.7. The SMILES string of the molecule is N#C/C(=C(/O)CN1CCC(Cc2ccccc2)CC1)c1nc(-c2ccc(Br)cc2)cs1. The van der Waals surface area contributed by atoms with Crippen LogP contribution in [0.2, 0.25) is 0 Å². The van der Waals surface area contributed by atoms with Gasteiger partial charge in [0, 0.05) is 15.4 Å². The van der Waals surface area contributed by atoms with Gasteiger partial charge in [-0.05, 0) is 56.0 Å². The lowest BCUT2D eigenvalue weighted by Gasteiger charge is -2.31. The second-order valence-electron chi connectivity index (χ2n) is 7.89. The molecule has 4 nitrogen and oxygen atoms in total. The Labute approximate surface area is 195 Å². The zero-order chi connectivity index (χ0) is 21.6. The summed E-state index contributed by atoms with van der Waals surface area (Å²) in [6, 6.07) is 20.7. The number of allylic oxidation sites excluding steroid dienone is 1. The van der Waals surface area contributed by atoms with Crippen LogP contribution >= 0.6 is 27.3 Å². The van der Waals surface area contributed by atoms with Crippen molar-refractivity contribution < 1.29 is 5.11 Å². The van der Waals surface area contributed by atoms with E-state index in [0.717, 1.165) is 48.1 Å². The zero-order valence-electron chi connectivity index (χ0n) is 17.2. The average Bonchev–Trinajstić information content (AvgIpc) is 3.26. The minimum Gasteiger partial charge on any atom is -0.509 e. The monoisotopic (exact) mass is 493 g/mol. The fraction of sp³-hybridized carbons (Fsp3) is 0.280. The summed E-state index contributed by atoms with van der Waals surface area (Å²) >= 11 is 4.83. The van der Waals surface area contributed by atoms with Crippen LogP contribution in [0.1, 0.15) is 23.4 Å². The van der Waals surface area contributed by atoms with E-state index in [1.165, 1.54) is 16.9 Å². The summed E-state index contributed by atoms with van der Waals surface area (Å²) < 4.78 is 1.01. The van der Waals surface area contributed by atoms with Gasteiger partial charge in [0.25, 0.3) is 0 Å². The van der Waals surface area contributed by atoms with Crippen molar-refractivity contribution in [2.45, 2.75) is 19.3 Å². The van der Waals surface area contributed by atoms with Gasteiger partial charge in [0.2, 0.25) is 0 Å². The van der Waals surface area contributed by atoms with E-state index in [1.54, 1.807) is 0 Å². The molecular formula is C25H24BrN3OS. The van der Waals surface area contributed by atoms with Crippen LogP contribution in [0.15, 0.2) is 70.2 Å². The largest absolute Gasteiger partial charge is 0.509 e. The second kappa shape index (κ2) is 10.2. The summed E-state index contributed by atoms with van der Waals surface area (Å²) in [6.45, 7) is 2.26. The third kappa shape index (κ3) is 5.62. The van der Waals surface area contributed by atoms with Gasteiger partial charge in [-0.1, -0.05) is 58.4 Å². The molecule has 0 radical (unpaired) electrons. The molecule has 0 unspecified atom stereocenters. The molecule has 1 aliphatic rings. The quantitative estimate of drug-likeness (QED) is 0.322. The normalized spacial score (nSPS) is 16.0. The maximum Gasteiger partial charge on any atom is 0.138 e. The van der Waals surface area contributed by atoms with Crippen molar-refractivity contribution in [2.75, 3.05) is 19.6 Å². The van der Waals surface area contributed by atoms with Crippen LogP contribution in [0, 0.1) is 17.2 Å². The number of nitriles is 1. The molecule has 31 heavy (non-hydrogen) atoms. The maximum atomic E-state index is 10.7. The van der Waals surface area contributed by atoms with Crippen molar-refractivity contribution in [3.8, 4) is 17.3 Å². The Morgan fingerprint density at radius 3 is 2.52 bits per heavy atom. The van der Waals surface area contributed by atoms with Crippen LogP contribution in [0.25, 0.3) is 16.8 Å². The summed E-state index contributed by atoms with van der Waals surface area (Å²) in [6.07, 6.45) is 3.32. The molecule has 0 spiro atoms. The van der Waals surface area contributed by atoms with E-state index in [2.05, 4.69) is 62.2 Å². The highest BCUT2D eigenvalue weighted by molar-refractivity contribution is 9.10. The van der Waals surface area contributed by atoms with E-state index in [9.17, 15) is 10.4 Å². The van der Waals surface area contributed by atoms with Crippen LogP contribution in [0.5, 0.6) is 0 Å². The Kier molecular flexibility index (Phi) is 7.18. The smallest absolute Gasteiger partial charge is 0.138 e. The number of piperidine rings is 1. The number of hydrogen-bond acceptors (Lipinski definition) is 5. The molecular weight excluding hydrogens is 470 g/mol. The van der Waals surface area contributed by atoms with Crippen molar-refractivity contribution >= 4 is 32.8 Å². The molecule has 0 saturated carbocycles. The van der Waals surface area contributed by atoms with Crippen LogP contribution in [-0.4, -0.2) is 34.6 Å². The fourth-order valence-electron chi connectivity index (χ4n) is 3.96.